The number of hydrogen-bond acceptors (Lipinski definition) is 3. The molecule has 0 unspecified atom stereocenters. The van der Waals surface area contributed by atoms with E-state index in [1.165, 1.54) is 15.6 Å². The van der Waals surface area contributed by atoms with Gasteiger partial charge in [0.05, 0.1) is 17.8 Å². The van der Waals surface area contributed by atoms with Crippen LogP contribution in [0.25, 0.3) is 5.69 Å². The Kier molecular flexibility index (Phi) is 4.94. The molecule has 2 rings (SSSR count). The van der Waals surface area contributed by atoms with Crippen LogP contribution in [0, 0.1) is 19.7 Å². The van der Waals surface area contributed by atoms with Crippen LogP contribution in [0.1, 0.15) is 25.2 Å². The number of nitrogens with one attached hydrogen (secondary N) is 1. The van der Waals surface area contributed by atoms with Crippen molar-refractivity contribution in [3.05, 3.63) is 41.5 Å². The number of carbonyl (C=O) groups is 1. The Labute approximate surface area is 140 Å². The molecule has 1 heterocycles. The highest BCUT2D eigenvalue weighted by molar-refractivity contribution is 5.89. The standard InChI is InChI=1S/C17H23FN4O2/c1-11-8-12(2)22(20-11)15-7-6-13(9-14(15)18)19-16(23)21(5)10-17(3,4)24/h6-9,24H,10H2,1-5H3,(H,19,23). The molecule has 0 fully saturated rings. The number of rotatable bonds is 4. The lowest BCUT2D eigenvalue weighted by Crippen LogP contribution is -2.41. The zero-order chi connectivity index (χ0) is 18.1. The van der Waals surface area contributed by atoms with Gasteiger partial charge in [0, 0.05) is 18.4 Å². The van der Waals surface area contributed by atoms with E-state index in [9.17, 15) is 14.3 Å². The molecule has 0 aliphatic heterocycles. The molecule has 0 atom stereocenters. The molecule has 2 N–H and O–H groups in total. The Morgan fingerprint density at radius 1 is 1.38 bits per heavy atom. The number of urea groups is 1. The Morgan fingerprint density at radius 2 is 2.04 bits per heavy atom. The summed E-state index contributed by atoms with van der Waals surface area (Å²) in [6.07, 6.45) is 0. The second kappa shape index (κ2) is 6.60. The lowest BCUT2D eigenvalue weighted by Gasteiger charge is -2.25. The third-order valence-electron chi connectivity index (χ3n) is 3.41. The van der Waals surface area contributed by atoms with Gasteiger partial charge in [-0.2, -0.15) is 5.10 Å². The van der Waals surface area contributed by atoms with E-state index in [0.717, 1.165) is 11.4 Å². The van der Waals surface area contributed by atoms with Crippen LogP contribution in [0.5, 0.6) is 0 Å². The number of halogens is 1. The summed E-state index contributed by atoms with van der Waals surface area (Å²) in [7, 11) is 1.56. The minimum absolute atomic E-state index is 0.158. The summed E-state index contributed by atoms with van der Waals surface area (Å²) in [4.78, 5) is 13.4. The molecular formula is C17H23FN4O2. The fourth-order valence-electron chi connectivity index (χ4n) is 2.50. The first-order valence-electron chi connectivity index (χ1n) is 7.64. The van der Waals surface area contributed by atoms with Crippen molar-refractivity contribution < 1.29 is 14.3 Å². The summed E-state index contributed by atoms with van der Waals surface area (Å²) >= 11 is 0. The molecule has 0 radical (unpaired) electrons. The largest absolute Gasteiger partial charge is 0.389 e. The van der Waals surface area contributed by atoms with Crippen molar-refractivity contribution in [1.29, 1.82) is 0 Å². The van der Waals surface area contributed by atoms with E-state index in [1.807, 2.05) is 19.9 Å². The van der Waals surface area contributed by atoms with E-state index >= 15 is 0 Å². The topological polar surface area (TPSA) is 70.4 Å². The van der Waals surface area contributed by atoms with Gasteiger partial charge < -0.3 is 15.3 Å². The van der Waals surface area contributed by atoms with Gasteiger partial charge in [-0.1, -0.05) is 0 Å². The fourth-order valence-corrected chi connectivity index (χ4v) is 2.50. The molecule has 0 spiro atoms. The number of aryl methyl sites for hydroxylation is 2. The van der Waals surface area contributed by atoms with Crippen molar-refractivity contribution in [3.8, 4) is 5.69 Å². The summed E-state index contributed by atoms with van der Waals surface area (Å²) in [5, 5.41) is 16.6. The zero-order valence-electron chi connectivity index (χ0n) is 14.6. The van der Waals surface area contributed by atoms with E-state index in [-0.39, 0.29) is 6.54 Å². The van der Waals surface area contributed by atoms with Crippen LogP contribution in [0.2, 0.25) is 0 Å². The summed E-state index contributed by atoms with van der Waals surface area (Å²) in [6, 6.07) is 5.88. The van der Waals surface area contributed by atoms with Crippen LogP contribution in [-0.2, 0) is 0 Å². The summed E-state index contributed by atoms with van der Waals surface area (Å²) in [5.74, 6) is -0.482. The van der Waals surface area contributed by atoms with Gasteiger partial charge in [0.1, 0.15) is 5.69 Å². The molecule has 130 valence electrons. The maximum atomic E-state index is 14.4. The number of amides is 2. The fraction of sp³-hybridized carbons (Fsp3) is 0.412. The summed E-state index contributed by atoms with van der Waals surface area (Å²) in [5.41, 5.74) is 1.29. The van der Waals surface area contributed by atoms with Crippen LogP contribution < -0.4 is 5.32 Å². The van der Waals surface area contributed by atoms with E-state index in [0.29, 0.717) is 11.4 Å². The average molecular weight is 334 g/mol. The molecule has 0 saturated heterocycles. The van der Waals surface area contributed by atoms with Crippen molar-refractivity contribution in [2.24, 2.45) is 0 Å². The van der Waals surface area contributed by atoms with Crippen LogP contribution in [0.3, 0.4) is 0 Å². The number of carbonyl (C=O) groups excluding carboxylic acids is 1. The second-order valence-electron chi connectivity index (χ2n) is 6.60. The van der Waals surface area contributed by atoms with Gasteiger partial charge in [0.2, 0.25) is 0 Å². The Bertz CT molecular complexity index is 750. The zero-order valence-corrected chi connectivity index (χ0v) is 14.6. The predicted octanol–water partition coefficient (Wildman–Crippen LogP) is 2.86. The monoisotopic (exact) mass is 334 g/mol. The SMILES string of the molecule is Cc1cc(C)n(-c2ccc(NC(=O)N(C)CC(C)(C)O)cc2F)n1. The lowest BCUT2D eigenvalue weighted by molar-refractivity contribution is 0.0550. The molecular weight excluding hydrogens is 311 g/mol. The number of hydrogen-bond donors (Lipinski definition) is 2. The van der Waals surface area contributed by atoms with Crippen molar-refractivity contribution in [1.82, 2.24) is 14.7 Å². The van der Waals surface area contributed by atoms with Gasteiger partial charge in [-0.15, -0.1) is 0 Å². The Balaban J connectivity index is 2.15. The van der Waals surface area contributed by atoms with Gasteiger partial charge in [-0.3, -0.25) is 0 Å². The van der Waals surface area contributed by atoms with Crippen molar-refractivity contribution in [3.63, 3.8) is 0 Å². The minimum atomic E-state index is -1.00. The predicted molar refractivity (Wildman–Crippen MR) is 90.9 cm³/mol. The Morgan fingerprint density at radius 3 is 2.54 bits per heavy atom. The van der Waals surface area contributed by atoms with E-state index in [1.54, 1.807) is 33.0 Å². The summed E-state index contributed by atoms with van der Waals surface area (Å²) < 4.78 is 15.9. The van der Waals surface area contributed by atoms with Crippen molar-refractivity contribution >= 4 is 11.7 Å². The van der Waals surface area contributed by atoms with Gasteiger partial charge >= 0.3 is 6.03 Å². The first-order valence-corrected chi connectivity index (χ1v) is 7.64. The number of aliphatic hydroxyl groups is 1. The van der Waals surface area contributed by atoms with E-state index < -0.39 is 17.4 Å². The molecule has 24 heavy (non-hydrogen) atoms. The molecule has 6 nitrogen and oxygen atoms in total. The van der Waals surface area contributed by atoms with Gasteiger partial charge in [0.15, 0.2) is 5.82 Å². The van der Waals surface area contributed by atoms with Crippen LogP contribution in [0.4, 0.5) is 14.9 Å². The molecule has 7 heteroatoms. The van der Waals surface area contributed by atoms with Crippen molar-refractivity contribution in [2.45, 2.75) is 33.3 Å². The second-order valence-corrected chi connectivity index (χ2v) is 6.60. The molecule has 0 saturated carbocycles. The van der Waals surface area contributed by atoms with Gasteiger partial charge in [0.25, 0.3) is 0 Å². The number of nitrogens with zero attached hydrogens (tertiary/aromatic N) is 3. The highest BCUT2D eigenvalue weighted by Crippen LogP contribution is 2.20. The highest BCUT2D eigenvalue weighted by Gasteiger charge is 2.19. The molecule has 0 bridgehead atoms. The van der Waals surface area contributed by atoms with Gasteiger partial charge in [-0.25, -0.2) is 13.9 Å². The smallest absolute Gasteiger partial charge is 0.321 e. The van der Waals surface area contributed by atoms with Crippen LogP contribution in [-0.4, -0.2) is 45.0 Å². The Hall–Kier alpha value is -2.41. The average Bonchev–Trinajstić information content (AvgIpc) is 2.75. The number of aromatic nitrogens is 2. The maximum absolute atomic E-state index is 14.4. The van der Waals surface area contributed by atoms with Crippen LogP contribution in [0.15, 0.2) is 24.3 Å². The van der Waals surface area contributed by atoms with Crippen molar-refractivity contribution in [2.75, 3.05) is 18.9 Å². The summed E-state index contributed by atoms with van der Waals surface area (Å²) in [6.45, 7) is 7.07. The van der Waals surface area contributed by atoms with Crippen LogP contribution >= 0.6 is 0 Å². The number of anilines is 1. The third-order valence-corrected chi connectivity index (χ3v) is 3.41. The van der Waals surface area contributed by atoms with Gasteiger partial charge in [-0.05, 0) is 52.0 Å². The third kappa shape index (κ3) is 4.32. The van der Waals surface area contributed by atoms with E-state index in [2.05, 4.69) is 10.4 Å². The lowest BCUT2D eigenvalue weighted by atomic mass is 10.1. The normalized spacial score (nSPS) is 11.5. The molecule has 2 aromatic rings. The molecule has 2 amide bonds. The molecule has 1 aromatic heterocycles. The quantitative estimate of drug-likeness (QED) is 0.903. The molecule has 0 aliphatic carbocycles. The highest BCUT2D eigenvalue weighted by atomic mass is 19.1. The van der Waals surface area contributed by atoms with E-state index in [4.69, 9.17) is 0 Å². The maximum Gasteiger partial charge on any atom is 0.321 e. The number of benzene rings is 1. The minimum Gasteiger partial charge on any atom is -0.389 e. The number of likely N-dealkylation sites (N-methyl/N-ethyl adjacent to an activating group) is 1. The first kappa shape index (κ1) is 17.9. The molecule has 1 aromatic carbocycles. The first-order chi connectivity index (χ1) is 11.1. The molecule has 0 aliphatic rings.